The third kappa shape index (κ3) is 2.56. The predicted octanol–water partition coefficient (Wildman–Crippen LogP) is 2.43. The molecule has 0 bridgehead atoms. The summed E-state index contributed by atoms with van der Waals surface area (Å²) < 4.78 is 10.5. The van der Waals surface area contributed by atoms with Gasteiger partial charge in [-0.1, -0.05) is 0 Å². The van der Waals surface area contributed by atoms with Gasteiger partial charge in [0.15, 0.2) is 12.4 Å². The normalized spacial score (nSPS) is 13.5. The van der Waals surface area contributed by atoms with E-state index in [-0.39, 0.29) is 24.1 Å². The molecule has 20 heavy (non-hydrogen) atoms. The molecule has 2 aromatic rings. The van der Waals surface area contributed by atoms with Crippen LogP contribution in [0.2, 0.25) is 0 Å². The zero-order chi connectivity index (χ0) is 13.9. The molecule has 1 aromatic carbocycles. The van der Waals surface area contributed by atoms with E-state index in [0.29, 0.717) is 18.6 Å². The van der Waals surface area contributed by atoms with E-state index in [1.807, 2.05) is 6.07 Å². The number of ether oxygens (including phenoxy) is 1. The highest BCUT2D eigenvalue weighted by Crippen LogP contribution is 2.26. The summed E-state index contributed by atoms with van der Waals surface area (Å²) >= 11 is 0. The van der Waals surface area contributed by atoms with Crippen molar-refractivity contribution in [2.24, 2.45) is 0 Å². The number of rotatable bonds is 4. The maximum absolute atomic E-state index is 11.7. The van der Waals surface area contributed by atoms with Gasteiger partial charge in [0, 0.05) is 12.1 Å². The quantitative estimate of drug-likeness (QED) is 0.867. The Balaban J connectivity index is 1.67. The van der Waals surface area contributed by atoms with E-state index >= 15 is 0 Å². The molecule has 5 nitrogen and oxygen atoms in total. The van der Waals surface area contributed by atoms with Crippen molar-refractivity contribution in [1.29, 1.82) is 0 Å². The van der Waals surface area contributed by atoms with E-state index in [9.17, 15) is 9.59 Å². The van der Waals surface area contributed by atoms with Gasteiger partial charge in [0.05, 0.1) is 6.26 Å². The van der Waals surface area contributed by atoms with Crippen LogP contribution < -0.4 is 10.1 Å². The van der Waals surface area contributed by atoms with Gasteiger partial charge in [0.1, 0.15) is 5.75 Å². The number of carbonyl (C=O) groups excluding carboxylic acids is 2. The minimum atomic E-state index is -0.207. The van der Waals surface area contributed by atoms with Crippen molar-refractivity contribution in [3.05, 3.63) is 47.9 Å². The van der Waals surface area contributed by atoms with Crippen LogP contribution in [0.3, 0.4) is 0 Å². The Morgan fingerprint density at radius 1 is 1.30 bits per heavy atom. The summed E-state index contributed by atoms with van der Waals surface area (Å²) in [5, 5.41) is 2.80. The first-order chi connectivity index (χ1) is 9.72. The van der Waals surface area contributed by atoms with Crippen LogP contribution in [-0.4, -0.2) is 18.3 Å². The molecule has 1 N–H and O–H groups in total. The first-order valence-electron chi connectivity index (χ1n) is 6.34. The average molecular weight is 271 g/mol. The summed E-state index contributed by atoms with van der Waals surface area (Å²) in [5.74, 6) is 0.718. The Labute approximate surface area is 115 Å². The molecule has 1 amide bonds. The number of hydrogen-bond donors (Lipinski definition) is 1. The molecule has 0 atom stereocenters. The molecular weight excluding hydrogens is 258 g/mol. The van der Waals surface area contributed by atoms with Gasteiger partial charge in [-0.2, -0.15) is 0 Å². The van der Waals surface area contributed by atoms with Gasteiger partial charge in [-0.05, 0) is 42.3 Å². The summed E-state index contributed by atoms with van der Waals surface area (Å²) in [5.41, 5.74) is 1.83. The summed E-state index contributed by atoms with van der Waals surface area (Å²) in [6.07, 6.45) is 2.61. The third-order valence-corrected chi connectivity index (χ3v) is 3.14. The summed E-state index contributed by atoms with van der Waals surface area (Å²) in [4.78, 5) is 23.0. The Bertz CT molecular complexity index is 646. The van der Waals surface area contributed by atoms with Gasteiger partial charge >= 0.3 is 0 Å². The van der Waals surface area contributed by atoms with Gasteiger partial charge in [0.25, 0.3) is 0 Å². The summed E-state index contributed by atoms with van der Waals surface area (Å²) in [7, 11) is 0. The van der Waals surface area contributed by atoms with Crippen LogP contribution in [0.25, 0.3) is 0 Å². The minimum Gasteiger partial charge on any atom is -0.485 e. The maximum atomic E-state index is 11.7. The molecule has 0 saturated heterocycles. The molecule has 0 radical (unpaired) electrons. The van der Waals surface area contributed by atoms with Crippen LogP contribution in [0.4, 0.5) is 5.69 Å². The molecule has 0 spiro atoms. The second kappa shape index (κ2) is 5.21. The van der Waals surface area contributed by atoms with Crippen LogP contribution in [0.15, 0.2) is 41.0 Å². The van der Waals surface area contributed by atoms with E-state index < -0.39 is 0 Å². The zero-order valence-corrected chi connectivity index (χ0v) is 10.7. The average Bonchev–Trinajstić information content (AvgIpc) is 2.99. The van der Waals surface area contributed by atoms with Crippen LogP contribution in [0, 0.1) is 0 Å². The highest BCUT2D eigenvalue weighted by atomic mass is 16.5. The molecule has 3 rings (SSSR count). The monoisotopic (exact) mass is 271 g/mol. The largest absolute Gasteiger partial charge is 0.485 e. The fourth-order valence-corrected chi connectivity index (χ4v) is 2.11. The predicted molar refractivity (Wildman–Crippen MR) is 71.9 cm³/mol. The van der Waals surface area contributed by atoms with Gasteiger partial charge < -0.3 is 14.5 Å². The van der Waals surface area contributed by atoms with E-state index in [2.05, 4.69) is 5.32 Å². The molecular formula is C15H13NO4. The molecule has 1 aliphatic heterocycles. The smallest absolute Gasteiger partial charge is 0.235 e. The SMILES string of the molecule is O=C1CCc2cc(OCC(=O)c3ccco3)ccc2N1. The number of fused-ring (bicyclic) bond motifs is 1. The number of amides is 1. The number of anilines is 1. The number of Topliss-reactive ketones (excluding diaryl/α,β-unsaturated/α-hetero) is 1. The lowest BCUT2D eigenvalue weighted by molar-refractivity contribution is -0.116. The number of nitrogens with one attached hydrogen (secondary N) is 1. The molecule has 2 heterocycles. The van der Waals surface area contributed by atoms with Crippen molar-refractivity contribution < 1.29 is 18.7 Å². The lowest BCUT2D eigenvalue weighted by atomic mass is 10.0. The van der Waals surface area contributed by atoms with Crippen LogP contribution in [-0.2, 0) is 11.2 Å². The van der Waals surface area contributed by atoms with E-state index in [0.717, 1.165) is 11.3 Å². The number of carbonyl (C=O) groups is 2. The second-order valence-electron chi connectivity index (χ2n) is 4.56. The summed E-state index contributed by atoms with van der Waals surface area (Å²) in [6.45, 7) is -0.0708. The van der Waals surface area contributed by atoms with Crippen LogP contribution >= 0.6 is 0 Å². The van der Waals surface area contributed by atoms with Gasteiger partial charge in [-0.15, -0.1) is 0 Å². The molecule has 0 fully saturated rings. The molecule has 102 valence electrons. The van der Waals surface area contributed by atoms with Gasteiger partial charge in [0.2, 0.25) is 11.7 Å². The Hall–Kier alpha value is -2.56. The molecule has 0 aliphatic carbocycles. The van der Waals surface area contributed by atoms with Gasteiger partial charge in [-0.25, -0.2) is 0 Å². The van der Waals surface area contributed by atoms with Crippen molar-refractivity contribution in [2.45, 2.75) is 12.8 Å². The van der Waals surface area contributed by atoms with E-state index in [4.69, 9.17) is 9.15 Å². The number of aryl methyl sites for hydroxylation is 1. The van der Waals surface area contributed by atoms with Crippen molar-refractivity contribution >= 4 is 17.4 Å². The zero-order valence-electron chi connectivity index (χ0n) is 10.7. The lowest BCUT2D eigenvalue weighted by Gasteiger charge is -2.17. The standard InChI is InChI=1S/C15H13NO4/c17-13(14-2-1-7-19-14)9-20-11-4-5-12-10(8-11)3-6-15(18)16-12/h1-2,4-5,7-8H,3,6,9H2,(H,16,18). The fraction of sp³-hybridized carbons (Fsp3) is 0.200. The Kier molecular flexibility index (Phi) is 3.25. The van der Waals surface area contributed by atoms with Crippen LogP contribution in [0.1, 0.15) is 22.5 Å². The first kappa shape index (κ1) is 12.5. The van der Waals surface area contributed by atoms with Crippen LogP contribution in [0.5, 0.6) is 5.75 Å². The lowest BCUT2D eigenvalue weighted by Crippen LogP contribution is -2.19. The van der Waals surface area contributed by atoms with E-state index in [1.165, 1.54) is 6.26 Å². The van der Waals surface area contributed by atoms with Crippen molar-refractivity contribution in [3.8, 4) is 5.75 Å². The van der Waals surface area contributed by atoms with Crippen molar-refractivity contribution in [3.63, 3.8) is 0 Å². The Morgan fingerprint density at radius 3 is 3.00 bits per heavy atom. The molecule has 0 saturated carbocycles. The third-order valence-electron chi connectivity index (χ3n) is 3.14. The molecule has 5 heteroatoms. The molecule has 0 unspecified atom stereocenters. The Morgan fingerprint density at radius 2 is 2.20 bits per heavy atom. The molecule has 1 aliphatic rings. The van der Waals surface area contributed by atoms with Crippen molar-refractivity contribution in [2.75, 3.05) is 11.9 Å². The second-order valence-corrected chi connectivity index (χ2v) is 4.56. The summed E-state index contributed by atoms with van der Waals surface area (Å²) in [6, 6.07) is 8.64. The molecule has 1 aromatic heterocycles. The number of benzene rings is 1. The highest BCUT2D eigenvalue weighted by Gasteiger charge is 2.15. The minimum absolute atomic E-state index is 0.0270. The van der Waals surface area contributed by atoms with Crippen molar-refractivity contribution in [1.82, 2.24) is 0 Å². The maximum Gasteiger partial charge on any atom is 0.235 e. The van der Waals surface area contributed by atoms with Gasteiger partial charge in [-0.3, -0.25) is 9.59 Å². The highest BCUT2D eigenvalue weighted by molar-refractivity contribution is 5.95. The topological polar surface area (TPSA) is 68.5 Å². The number of furan rings is 1. The fourth-order valence-electron chi connectivity index (χ4n) is 2.11. The first-order valence-corrected chi connectivity index (χ1v) is 6.34. The number of ketones is 1. The number of hydrogen-bond acceptors (Lipinski definition) is 4. The van der Waals surface area contributed by atoms with E-state index in [1.54, 1.807) is 24.3 Å².